The minimum atomic E-state index is -0.567. The van der Waals surface area contributed by atoms with Gasteiger partial charge < -0.3 is 10.1 Å². The number of hydrogen-bond donors (Lipinski definition) is 1. The van der Waals surface area contributed by atoms with E-state index >= 15 is 0 Å². The molecule has 0 saturated carbocycles. The van der Waals surface area contributed by atoms with Crippen LogP contribution >= 0.6 is 0 Å². The highest BCUT2D eigenvalue weighted by Crippen LogP contribution is 2.01. The van der Waals surface area contributed by atoms with Crippen LogP contribution in [0, 0.1) is 0 Å². The second-order valence-electron chi connectivity index (χ2n) is 4.11. The van der Waals surface area contributed by atoms with Crippen LogP contribution < -0.4 is 5.32 Å². The van der Waals surface area contributed by atoms with E-state index in [4.69, 9.17) is 0 Å². The second kappa shape index (κ2) is 6.44. The lowest BCUT2D eigenvalue weighted by molar-refractivity contribution is -0.109. The van der Waals surface area contributed by atoms with Crippen LogP contribution in [0.1, 0.15) is 16.1 Å². The van der Waals surface area contributed by atoms with Crippen molar-refractivity contribution in [1.29, 1.82) is 0 Å². The maximum absolute atomic E-state index is 11.9. The molecule has 0 aliphatic rings. The predicted molar refractivity (Wildman–Crippen MR) is 71.7 cm³/mol. The van der Waals surface area contributed by atoms with Crippen LogP contribution in [0.15, 0.2) is 54.7 Å². The summed E-state index contributed by atoms with van der Waals surface area (Å²) in [7, 11) is 0. The van der Waals surface area contributed by atoms with Gasteiger partial charge in [-0.2, -0.15) is 0 Å². The van der Waals surface area contributed by atoms with Crippen molar-refractivity contribution < 1.29 is 9.59 Å². The SMILES string of the molecule is O=C[C@H](Cc1ccccn1)NC(=O)c1ccccc1. The first kappa shape index (κ1) is 13.0. The molecule has 0 fully saturated rings. The van der Waals surface area contributed by atoms with Gasteiger partial charge in [-0.15, -0.1) is 0 Å². The summed E-state index contributed by atoms with van der Waals surface area (Å²) in [5.74, 6) is -0.256. The Morgan fingerprint density at radius 2 is 1.89 bits per heavy atom. The molecule has 4 heteroatoms. The molecule has 0 aliphatic heterocycles. The number of rotatable bonds is 5. The Labute approximate surface area is 111 Å². The van der Waals surface area contributed by atoms with Crippen LogP contribution in [0.4, 0.5) is 0 Å². The van der Waals surface area contributed by atoms with Gasteiger partial charge in [0, 0.05) is 23.9 Å². The molecule has 1 aromatic heterocycles. The molecule has 1 N–H and O–H groups in total. The summed E-state index contributed by atoms with van der Waals surface area (Å²) in [6.45, 7) is 0. The summed E-state index contributed by atoms with van der Waals surface area (Å²) in [4.78, 5) is 27.1. The molecule has 4 nitrogen and oxygen atoms in total. The summed E-state index contributed by atoms with van der Waals surface area (Å²) >= 11 is 0. The Balaban J connectivity index is 2.00. The lowest BCUT2D eigenvalue weighted by Gasteiger charge is -2.12. The first-order valence-corrected chi connectivity index (χ1v) is 6.00. The van der Waals surface area contributed by atoms with E-state index in [1.54, 1.807) is 30.5 Å². The smallest absolute Gasteiger partial charge is 0.251 e. The molecule has 2 rings (SSSR count). The minimum absolute atomic E-state index is 0.256. The fourth-order valence-electron chi connectivity index (χ4n) is 1.72. The van der Waals surface area contributed by atoms with Crippen LogP contribution in [0.25, 0.3) is 0 Å². The number of benzene rings is 1. The van der Waals surface area contributed by atoms with Crippen LogP contribution in [0.2, 0.25) is 0 Å². The van der Waals surface area contributed by atoms with Crippen molar-refractivity contribution >= 4 is 12.2 Å². The zero-order chi connectivity index (χ0) is 13.5. The molecule has 1 atom stereocenters. The molecule has 2 aromatic rings. The average molecular weight is 254 g/mol. The number of amides is 1. The third kappa shape index (κ3) is 3.74. The Morgan fingerprint density at radius 1 is 1.16 bits per heavy atom. The highest BCUT2D eigenvalue weighted by Gasteiger charge is 2.13. The Hall–Kier alpha value is -2.49. The zero-order valence-corrected chi connectivity index (χ0v) is 10.3. The zero-order valence-electron chi connectivity index (χ0n) is 10.3. The third-order valence-corrected chi connectivity index (χ3v) is 2.67. The van der Waals surface area contributed by atoms with Gasteiger partial charge in [0.05, 0.1) is 6.04 Å². The fraction of sp³-hybridized carbons (Fsp3) is 0.133. The number of carbonyl (C=O) groups is 2. The van der Waals surface area contributed by atoms with E-state index in [1.807, 2.05) is 24.3 Å². The Kier molecular flexibility index (Phi) is 4.39. The minimum Gasteiger partial charge on any atom is -0.342 e. The van der Waals surface area contributed by atoms with Gasteiger partial charge in [0.25, 0.3) is 5.91 Å². The van der Waals surface area contributed by atoms with E-state index in [2.05, 4.69) is 10.3 Å². The van der Waals surface area contributed by atoms with Crippen LogP contribution in [0.5, 0.6) is 0 Å². The molecule has 0 spiro atoms. The van der Waals surface area contributed by atoms with E-state index in [9.17, 15) is 9.59 Å². The number of hydrogen-bond acceptors (Lipinski definition) is 3. The van der Waals surface area contributed by atoms with Crippen molar-refractivity contribution in [3.63, 3.8) is 0 Å². The number of carbonyl (C=O) groups excluding carboxylic acids is 2. The van der Waals surface area contributed by atoms with Crippen molar-refractivity contribution in [2.45, 2.75) is 12.5 Å². The summed E-state index contributed by atoms with van der Waals surface area (Å²) in [6, 6.07) is 13.7. The first-order valence-electron chi connectivity index (χ1n) is 6.00. The largest absolute Gasteiger partial charge is 0.342 e. The van der Waals surface area contributed by atoms with Crippen molar-refractivity contribution in [3.05, 3.63) is 66.0 Å². The maximum atomic E-state index is 11.9. The molecule has 0 saturated heterocycles. The quantitative estimate of drug-likeness (QED) is 0.825. The second-order valence-corrected chi connectivity index (χ2v) is 4.11. The monoisotopic (exact) mass is 254 g/mol. The summed E-state index contributed by atoms with van der Waals surface area (Å²) < 4.78 is 0. The molecular weight excluding hydrogens is 240 g/mol. The number of aldehydes is 1. The predicted octanol–water partition coefficient (Wildman–Crippen LogP) is 1.62. The van der Waals surface area contributed by atoms with Gasteiger partial charge >= 0.3 is 0 Å². The van der Waals surface area contributed by atoms with Crippen molar-refractivity contribution in [1.82, 2.24) is 10.3 Å². The van der Waals surface area contributed by atoms with Crippen molar-refractivity contribution in [2.75, 3.05) is 0 Å². The summed E-state index contributed by atoms with van der Waals surface area (Å²) in [5.41, 5.74) is 1.31. The molecule has 0 radical (unpaired) electrons. The van der Waals surface area contributed by atoms with Crippen LogP contribution in [-0.2, 0) is 11.2 Å². The summed E-state index contributed by atoms with van der Waals surface area (Å²) in [6.07, 6.45) is 2.79. The lowest BCUT2D eigenvalue weighted by Crippen LogP contribution is -2.37. The van der Waals surface area contributed by atoms with E-state index in [-0.39, 0.29) is 5.91 Å². The van der Waals surface area contributed by atoms with Gasteiger partial charge in [0.15, 0.2) is 0 Å². The summed E-state index contributed by atoms with van der Waals surface area (Å²) in [5, 5.41) is 2.68. The molecule has 0 bridgehead atoms. The molecule has 1 heterocycles. The van der Waals surface area contributed by atoms with E-state index in [0.29, 0.717) is 12.0 Å². The van der Waals surface area contributed by atoms with Crippen molar-refractivity contribution in [2.24, 2.45) is 0 Å². The number of nitrogens with zero attached hydrogens (tertiary/aromatic N) is 1. The van der Waals surface area contributed by atoms with Crippen molar-refractivity contribution in [3.8, 4) is 0 Å². The molecular formula is C15H14N2O2. The Bertz CT molecular complexity index is 541. The maximum Gasteiger partial charge on any atom is 0.251 e. The average Bonchev–Trinajstić information content (AvgIpc) is 2.48. The first-order chi connectivity index (χ1) is 9.29. The van der Waals surface area contributed by atoms with E-state index in [0.717, 1.165) is 12.0 Å². The molecule has 1 amide bonds. The lowest BCUT2D eigenvalue weighted by atomic mass is 10.1. The highest BCUT2D eigenvalue weighted by atomic mass is 16.2. The van der Waals surface area contributed by atoms with Gasteiger partial charge in [-0.25, -0.2) is 0 Å². The topological polar surface area (TPSA) is 59.1 Å². The van der Waals surface area contributed by atoms with Gasteiger partial charge in [-0.1, -0.05) is 24.3 Å². The number of nitrogens with one attached hydrogen (secondary N) is 1. The Morgan fingerprint density at radius 3 is 2.53 bits per heavy atom. The van der Waals surface area contributed by atoms with Gasteiger partial charge in [-0.3, -0.25) is 9.78 Å². The van der Waals surface area contributed by atoms with E-state index < -0.39 is 6.04 Å². The number of aromatic nitrogens is 1. The van der Waals surface area contributed by atoms with Gasteiger partial charge in [-0.05, 0) is 24.3 Å². The standard InChI is InChI=1S/C15H14N2O2/c18-11-14(10-13-8-4-5-9-16-13)17-15(19)12-6-2-1-3-7-12/h1-9,11,14H,10H2,(H,17,19)/t14-/m0/s1. The normalized spacial score (nSPS) is 11.6. The van der Waals surface area contributed by atoms with E-state index in [1.165, 1.54) is 0 Å². The molecule has 0 unspecified atom stereocenters. The van der Waals surface area contributed by atoms with Crippen LogP contribution in [-0.4, -0.2) is 23.2 Å². The van der Waals surface area contributed by atoms with Crippen LogP contribution in [0.3, 0.4) is 0 Å². The fourth-order valence-corrected chi connectivity index (χ4v) is 1.72. The molecule has 19 heavy (non-hydrogen) atoms. The third-order valence-electron chi connectivity index (χ3n) is 2.67. The van der Waals surface area contributed by atoms with Gasteiger partial charge in [0.1, 0.15) is 6.29 Å². The highest BCUT2D eigenvalue weighted by molar-refractivity contribution is 5.95. The molecule has 0 aliphatic carbocycles. The molecule has 96 valence electrons. The molecule has 1 aromatic carbocycles. The number of pyridine rings is 1. The van der Waals surface area contributed by atoms with Gasteiger partial charge in [0.2, 0.25) is 0 Å².